The third-order valence-electron chi connectivity index (χ3n) is 3.60. The van der Waals surface area contributed by atoms with Crippen molar-refractivity contribution >= 4 is 38.8 Å². The molecule has 0 saturated carbocycles. The summed E-state index contributed by atoms with van der Waals surface area (Å²) < 4.78 is 1.74. The lowest BCUT2D eigenvalue weighted by atomic mass is 10.2. The first kappa shape index (κ1) is 15.2. The molecule has 0 fully saturated rings. The van der Waals surface area contributed by atoms with Gasteiger partial charge in [-0.2, -0.15) is 5.10 Å². The number of amides is 1. The second kappa shape index (κ2) is 5.47. The van der Waals surface area contributed by atoms with Crippen LogP contribution in [0.4, 0.5) is 11.4 Å². The second-order valence-corrected chi connectivity index (χ2v) is 6.28. The SMILES string of the molecule is Cc1ccc([N+](=O)[O-])cc1NC(=O)c1cc2c(C)nn(C)c2s1. The maximum Gasteiger partial charge on any atom is 0.271 e. The highest BCUT2D eigenvalue weighted by atomic mass is 32.1. The molecule has 3 rings (SSSR count). The normalized spacial score (nSPS) is 10.9. The van der Waals surface area contributed by atoms with Crippen molar-refractivity contribution in [2.45, 2.75) is 13.8 Å². The Labute approximate surface area is 135 Å². The Kier molecular flexibility index (Phi) is 3.61. The Bertz CT molecular complexity index is 907. The molecule has 0 unspecified atom stereocenters. The van der Waals surface area contributed by atoms with E-state index in [-0.39, 0.29) is 11.6 Å². The van der Waals surface area contributed by atoms with Crippen LogP contribution in [0.25, 0.3) is 10.2 Å². The van der Waals surface area contributed by atoms with Crippen LogP contribution in [0.15, 0.2) is 24.3 Å². The smallest absolute Gasteiger partial charge is 0.271 e. The average Bonchev–Trinajstić information content (AvgIpc) is 3.03. The van der Waals surface area contributed by atoms with Crippen molar-refractivity contribution in [3.05, 3.63) is 50.5 Å². The third-order valence-corrected chi connectivity index (χ3v) is 4.80. The molecular formula is C15H14N4O3S. The van der Waals surface area contributed by atoms with E-state index in [0.717, 1.165) is 21.5 Å². The molecule has 2 heterocycles. The predicted octanol–water partition coefficient (Wildman–Crippen LogP) is 3.41. The molecule has 23 heavy (non-hydrogen) atoms. The summed E-state index contributed by atoms with van der Waals surface area (Å²) in [4.78, 5) is 24.3. The van der Waals surface area contributed by atoms with Gasteiger partial charge in [0.15, 0.2) is 0 Å². The number of aryl methyl sites for hydroxylation is 3. The minimum Gasteiger partial charge on any atom is -0.321 e. The van der Waals surface area contributed by atoms with Crippen molar-refractivity contribution in [1.82, 2.24) is 9.78 Å². The molecule has 0 aliphatic carbocycles. The van der Waals surface area contributed by atoms with Gasteiger partial charge >= 0.3 is 0 Å². The Hall–Kier alpha value is -2.74. The summed E-state index contributed by atoms with van der Waals surface area (Å²) in [6, 6.07) is 6.20. The molecule has 0 aliphatic rings. The number of carbonyl (C=O) groups excluding carboxylic acids is 1. The van der Waals surface area contributed by atoms with Crippen LogP contribution in [-0.2, 0) is 7.05 Å². The monoisotopic (exact) mass is 330 g/mol. The molecule has 0 bridgehead atoms. The van der Waals surface area contributed by atoms with E-state index in [1.165, 1.54) is 23.5 Å². The van der Waals surface area contributed by atoms with Crippen LogP contribution < -0.4 is 5.32 Å². The van der Waals surface area contributed by atoms with Gasteiger partial charge in [-0.1, -0.05) is 6.07 Å². The molecule has 1 aromatic carbocycles. The molecule has 0 radical (unpaired) electrons. The number of thiophene rings is 1. The predicted molar refractivity (Wildman–Crippen MR) is 89.1 cm³/mol. The summed E-state index contributed by atoms with van der Waals surface area (Å²) in [5, 5.41) is 18.9. The van der Waals surface area contributed by atoms with Crippen molar-refractivity contribution in [2.75, 3.05) is 5.32 Å². The largest absolute Gasteiger partial charge is 0.321 e. The van der Waals surface area contributed by atoms with Gasteiger partial charge < -0.3 is 5.32 Å². The van der Waals surface area contributed by atoms with Gasteiger partial charge in [0.1, 0.15) is 4.83 Å². The van der Waals surface area contributed by atoms with Crippen molar-refractivity contribution in [1.29, 1.82) is 0 Å². The van der Waals surface area contributed by atoms with Gasteiger partial charge in [0.2, 0.25) is 0 Å². The van der Waals surface area contributed by atoms with E-state index in [0.29, 0.717) is 10.6 Å². The standard InChI is InChI=1S/C15H14N4O3S/c1-8-4-5-10(19(21)22)6-12(8)16-14(20)13-7-11-9(2)17-18(3)15(11)23-13/h4-7H,1-3H3,(H,16,20). The number of rotatable bonds is 3. The van der Waals surface area contributed by atoms with Gasteiger partial charge in [-0.25, -0.2) is 0 Å². The highest BCUT2D eigenvalue weighted by molar-refractivity contribution is 7.20. The lowest BCUT2D eigenvalue weighted by Gasteiger charge is -2.07. The lowest BCUT2D eigenvalue weighted by Crippen LogP contribution is -2.11. The van der Waals surface area contributed by atoms with Crippen LogP contribution in [0.2, 0.25) is 0 Å². The molecule has 8 heteroatoms. The Morgan fingerprint density at radius 2 is 2.09 bits per heavy atom. The van der Waals surface area contributed by atoms with Crippen molar-refractivity contribution in [3.63, 3.8) is 0 Å². The molecular weight excluding hydrogens is 316 g/mol. The number of hydrogen-bond donors (Lipinski definition) is 1. The van der Waals surface area contributed by atoms with Crippen LogP contribution in [0.1, 0.15) is 20.9 Å². The van der Waals surface area contributed by atoms with Gasteiger partial charge in [-0.3, -0.25) is 19.6 Å². The highest BCUT2D eigenvalue weighted by Gasteiger charge is 2.17. The fraction of sp³-hybridized carbons (Fsp3) is 0.200. The van der Waals surface area contributed by atoms with Crippen LogP contribution in [0, 0.1) is 24.0 Å². The number of benzene rings is 1. The molecule has 3 aromatic rings. The fourth-order valence-electron chi connectivity index (χ4n) is 2.36. The average molecular weight is 330 g/mol. The van der Waals surface area contributed by atoms with Crippen LogP contribution in [-0.4, -0.2) is 20.6 Å². The minimum atomic E-state index is -0.483. The summed E-state index contributed by atoms with van der Waals surface area (Å²) in [5.74, 6) is -0.283. The highest BCUT2D eigenvalue weighted by Crippen LogP contribution is 2.29. The van der Waals surface area contributed by atoms with Gasteiger partial charge in [0, 0.05) is 24.6 Å². The van der Waals surface area contributed by atoms with Gasteiger partial charge in [0.25, 0.3) is 11.6 Å². The Morgan fingerprint density at radius 1 is 1.35 bits per heavy atom. The van der Waals surface area contributed by atoms with Crippen molar-refractivity contribution < 1.29 is 9.72 Å². The maximum atomic E-state index is 12.4. The number of nitrogens with zero attached hydrogens (tertiary/aromatic N) is 3. The number of hydrogen-bond acceptors (Lipinski definition) is 5. The molecule has 0 atom stereocenters. The van der Waals surface area contributed by atoms with E-state index in [2.05, 4.69) is 10.4 Å². The molecule has 118 valence electrons. The van der Waals surface area contributed by atoms with Gasteiger partial charge in [-0.15, -0.1) is 11.3 Å². The third kappa shape index (κ3) is 2.68. The molecule has 0 spiro atoms. The molecule has 1 N–H and O–H groups in total. The second-order valence-electron chi connectivity index (χ2n) is 5.25. The number of carbonyl (C=O) groups is 1. The number of nitrogens with one attached hydrogen (secondary N) is 1. The zero-order chi connectivity index (χ0) is 16.7. The quantitative estimate of drug-likeness (QED) is 0.588. The maximum absolute atomic E-state index is 12.4. The number of anilines is 1. The first-order chi connectivity index (χ1) is 10.9. The summed E-state index contributed by atoms with van der Waals surface area (Å²) in [7, 11) is 1.83. The number of non-ortho nitro benzene ring substituents is 1. The van der Waals surface area contributed by atoms with E-state index in [9.17, 15) is 14.9 Å². The number of nitro groups is 1. The number of fused-ring (bicyclic) bond motifs is 1. The van der Waals surface area contributed by atoms with Gasteiger partial charge in [-0.05, 0) is 25.5 Å². The van der Waals surface area contributed by atoms with E-state index >= 15 is 0 Å². The number of aromatic nitrogens is 2. The lowest BCUT2D eigenvalue weighted by molar-refractivity contribution is -0.384. The van der Waals surface area contributed by atoms with Crippen LogP contribution >= 0.6 is 11.3 Å². The topological polar surface area (TPSA) is 90.1 Å². The minimum absolute atomic E-state index is 0.0534. The summed E-state index contributed by atoms with van der Waals surface area (Å²) in [6.45, 7) is 3.68. The first-order valence-corrected chi connectivity index (χ1v) is 7.68. The Morgan fingerprint density at radius 3 is 2.74 bits per heavy atom. The molecule has 0 saturated heterocycles. The molecule has 2 aromatic heterocycles. The number of nitro benzene ring substituents is 1. The summed E-state index contributed by atoms with van der Waals surface area (Å²) in [6.07, 6.45) is 0. The summed E-state index contributed by atoms with van der Waals surface area (Å²) >= 11 is 1.34. The zero-order valence-electron chi connectivity index (χ0n) is 12.8. The van der Waals surface area contributed by atoms with Crippen molar-refractivity contribution in [3.8, 4) is 0 Å². The van der Waals surface area contributed by atoms with Crippen molar-refractivity contribution in [2.24, 2.45) is 7.05 Å². The zero-order valence-corrected chi connectivity index (χ0v) is 13.6. The Balaban J connectivity index is 1.93. The molecule has 0 aliphatic heterocycles. The van der Waals surface area contributed by atoms with Crippen LogP contribution in [0.3, 0.4) is 0 Å². The van der Waals surface area contributed by atoms with E-state index in [1.807, 2.05) is 14.0 Å². The first-order valence-electron chi connectivity index (χ1n) is 6.86. The van der Waals surface area contributed by atoms with Gasteiger partial charge in [0.05, 0.1) is 21.2 Å². The molecule has 1 amide bonds. The van der Waals surface area contributed by atoms with E-state index in [1.54, 1.807) is 23.7 Å². The summed E-state index contributed by atoms with van der Waals surface area (Å²) in [5.41, 5.74) is 2.02. The van der Waals surface area contributed by atoms with Crippen LogP contribution in [0.5, 0.6) is 0 Å². The van der Waals surface area contributed by atoms with E-state index < -0.39 is 4.92 Å². The fourth-order valence-corrected chi connectivity index (χ4v) is 3.38. The van der Waals surface area contributed by atoms with E-state index in [4.69, 9.17) is 0 Å². The molecule has 7 nitrogen and oxygen atoms in total.